The zero-order valence-corrected chi connectivity index (χ0v) is 23.4. The molecule has 7 rings (SSSR count). The van der Waals surface area contributed by atoms with Gasteiger partial charge in [0.2, 0.25) is 0 Å². The van der Waals surface area contributed by atoms with Crippen LogP contribution in [0.4, 0.5) is 0 Å². The molecule has 4 atom stereocenters. The van der Waals surface area contributed by atoms with Gasteiger partial charge in [0.1, 0.15) is 24.6 Å². The van der Waals surface area contributed by atoms with E-state index in [0.29, 0.717) is 18.3 Å². The highest BCUT2D eigenvalue weighted by atomic mass is 16.7. The standard InChI is InChI=1S/C32H44O7/c1-2-31(13-6-7-14-31)39-27(33)21-36-32-18-23-15-24(19-32)17-30(16-23,22-32)29(34)35-20-26-11-8-12-28(38-26)37-25-9-4-3-5-10-25/h3-5,9-10,23-24,26,28H,2,6-8,11-22H2,1H3. The summed E-state index contributed by atoms with van der Waals surface area (Å²) in [5.41, 5.74) is -1.24. The van der Waals surface area contributed by atoms with Crippen LogP contribution < -0.4 is 4.74 Å². The minimum atomic E-state index is -0.515. The molecule has 0 aromatic heterocycles. The van der Waals surface area contributed by atoms with Crippen LogP contribution in [0.25, 0.3) is 0 Å². The van der Waals surface area contributed by atoms with E-state index in [-0.39, 0.29) is 43.1 Å². The number of rotatable bonds is 10. The molecule has 0 N–H and O–H groups in total. The van der Waals surface area contributed by atoms with Crippen molar-refractivity contribution in [3.05, 3.63) is 30.3 Å². The Hall–Kier alpha value is -2.12. The largest absolute Gasteiger partial charge is 0.465 e. The van der Waals surface area contributed by atoms with Crippen molar-refractivity contribution in [3.63, 3.8) is 0 Å². The molecule has 6 aliphatic rings. The van der Waals surface area contributed by atoms with Crippen LogP contribution in [-0.2, 0) is 28.5 Å². The predicted octanol–water partition coefficient (Wildman–Crippen LogP) is 6.13. The average Bonchev–Trinajstić information content (AvgIpc) is 3.39. The Labute approximate surface area is 232 Å². The van der Waals surface area contributed by atoms with Crippen molar-refractivity contribution in [1.82, 2.24) is 0 Å². The number of benzene rings is 1. The van der Waals surface area contributed by atoms with E-state index >= 15 is 0 Å². The Morgan fingerprint density at radius 2 is 1.72 bits per heavy atom. The van der Waals surface area contributed by atoms with Gasteiger partial charge in [-0.3, -0.25) is 4.79 Å². The second-order valence-electron chi connectivity index (χ2n) is 13.1. The first-order chi connectivity index (χ1) is 18.9. The topological polar surface area (TPSA) is 80.3 Å². The normalized spacial score (nSPS) is 36.4. The zero-order chi connectivity index (χ0) is 26.9. The fraction of sp³-hybridized carbons (Fsp3) is 0.750. The minimum absolute atomic E-state index is 0.0228. The van der Waals surface area contributed by atoms with Gasteiger partial charge in [-0.2, -0.15) is 0 Å². The summed E-state index contributed by atoms with van der Waals surface area (Å²) in [6.07, 6.45) is 12.5. The molecule has 1 aromatic rings. The first-order valence-corrected chi connectivity index (χ1v) is 15.3. The Bertz CT molecular complexity index is 1000. The third kappa shape index (κ3) is 5.85. The molecule has 0 radical (unpaired) electrons. The van der Waals surface area contributed by atoms with Crippen molar-refractivity contribution in [2.45, 2.75) is 120 Å². The van der Waals surface area contributed by atoms with Crippen LogP contribution in [0.5, 0.6) is 5.75 Å². The second-order valence-corrected chi connectivity index (χ2v) is 13.1. The second kappa shape index (κ2) is 11.0. The van der Waals surface area contributed by atoms with Crippen LogP contribution in [0.1, 0.15) is 96.8 Å². The highest BCUT2D eigenvalue weighted by Crippen LogP contribution is 2.63. The van der Waals surface area contributed by atoms with Gasteiger partial charge in [-0.05, 0) is 107 Å². The highest BCUT2D eigenvalue weighted by Gasteiger charge is 2.62. The quantitative estimate of drug-likeness (QED) is 0.331. The Kier molecular flexibility index (Phi) is 7.66. The molecule has 6 fully saturated rings. The van der Waals surface area contributed by atoms with Crippen molar-refractivity contribution in [3.8, 4) is 5.75 Å². The molecule has 0 amide bonds. The number of carbonyl (C=O) groups is 2. The lowest BCUT2D eigenvalue weighted by Crippen LogP contribution is -2.60. The van der Waals surface area contributed by atoms with Crippen LogP contribution in [0.3, 0.4) is 0 Å². The average molecular weight is 541 g/mol. The van der Waals surface area contributed by atoms with E-state index in [1.54, 1.807) is 0 Å². The van der Waals surface area contributed by atoms with E-state index in [2.05, 4.69) is 6.92 Å². The molecule has 1 saturated heterocycles. The summed E-state index contributed by atoms with van der Waals surface area (Å²) in [6, 6.07) is 9.70. The van der Waals surface area contributed by atoms with Crippen molar-refractivity contribution in [2.75, 3.05) is 13.2 Å². The lowest BCUT2D eigenvalue weighted by molar-refractivity contribution is -0.220. The Morgan fingerprint density at radius 1 is 0.974 bits per heavy atom. The Balaban J connectivity index is 1.04. The monoisotopic (exact) mass is 540 g/mol. The summed E-state index contributed by atoms with van der Waals surface area (Å²) in [5, 5.41) is 0. The molecular formula is C32H44O7. The first kappa shape index (κ1) is 27.1. The van der Waals surface area contributed by atoms with E-state index in [1.807, 2.05) is 30.3 Å². The SMILES string of the molecule is CCC1(OC(=O)COC23CC4CC(C2)CC(C(=O)OCC2CCCC(Oc5ccccc5)O2)(C4)C3)CCCC1. The highest BCUT2D eigenvalue weighted by molar-refractivity contribution is 5.78. The van der Waals surface area contributed by atoms with Gasteiger partial charge in [-0.1, -0.05) is 25.1 Å². The number of hydrogen-bond acceptors (Lipinski definition) is 7. The van der Waals surface area contributed by atoms with Crippen LogP contribution in [0.15, 0.2) is 30.3 Å². The van der Waals surface area contributed by atoms with Crippen LogP contribution in [-0.4, -0.2) is 48.7 Å². The van der Waals surface area contributed by atoms with Crippen LogP contribution in [0.2, 0.25) is 0 Å². The van der Waals surface area contributed by atoms with Gasteiger partial charge in [0.05, 0.1) is 17.1 Å². The van der Waals surface area contributed by atoms with Gasteiger partial charge in [0.25, 0.3) is 0 Å². The summed E-state index contributed by atoms with van der Waals surface area (Å²) in [7, 11) is 0. The van der Waals surface area contributed by atoms with Crippen molar-refractivity contribution < 1.29 is 33.3 Å². The zero-order valence-electron chi connectivity index (χ0n) is 23.4. The number of para-hydroxylation sites is 1. The molecule has 4 bridgehead atoms. The fourth-order valence-corrected chi connectivity index (χ4v) is 8.66. The van der Waals surface area contributed by atoms with Gasteiger partial charge < -0.3 is 23.7 Å². The summed E-state index contributed by atoms with van der Waals surface area (Å²) in [6.45, 7) is 2.33. The predicted molar refractivity (Wildman–Crippen MR) is 144 cm³/mol. The molecule has 5 saturated carbocycles. The lowest BCUT2D eigenvalue weighted by atomic mass is 9.48. The maximum Gasteiger partial charge on any atom is 0.332 e. The molecule has 1 aromatic carbocycles. The molecule has 0 spiro atoms. The third-order valence-corrected chi connectivity index (χ3v) is 10.1. The lowest BCUT2D eigenvalue weighted by Gasteiger charge is -2.60. The maximum atomic E-state index is 13.6. The maximum absolute atomic E-state index is 13.6. The van der Waals surface area contributed by atoms with Crippen LogP contribution >= 0.6 is 0 Å². The molecule has 1 heterocycles. The Morgan fingerprint density at radius 3 is 2.44 bits per heavy atom. The van der Waals surface area contributed by atoms with Gasteiger partial charge in [0, 0.05) is 6.42 Å². The van der Waals surface area contributed by atoms with E-state index in [0.717, 1.165) is 89.2 Å². The van der Waals surface area contributed by atoms with Gasteiger partial charge >= 0.3 is 11.9 Å². The van der Waals surface area contributed by atoms with Crippen molar-refractivity contribution in [2.24, 2.45) is 17.3 Å². The number of hydrogen-bond donors (Lipinski definition) is 0. The molecule has 4 unspecified atom stereocenters. The molecule has 7 heteroatoms. The summed E-state index contributed by atoms with van der Waals surface area (Å²) in [5.74, 6) is 1.31. The molecular weight excluding hydrogens is 496 g/mol. The van der Waals surface area contributed by atoms with E-state index in [9.17, 15) is 9.59 Å². The summed E-state index contributed by atoms with van der Waals surface area (Å²) in [4.78, 5) is 26.5. The molecule has 214 valence electrons. The van der Waals surface area contributed by atoms with Gasteiger partial charge in [-0.15, -0.1) is 0 Å². The van der Waals surface area contributed by atoms with Gasteiger partial charge in [0.15, 0.2) is 6.29 Å². The van der Waals surface area contributed by atoms with Crippen molar-refractivity contribution >= 4 is 11.9 Å². The number of esters is 2. The summed E-state index contributed by atoms with van der Waals surface area (Å²) < 4.78 is 30.5. The number of ether oxygens (including phenoxy) is 5. The molecule has 39 heavy (non-hydrogen) atoms. The number of carbonyl (C=O) groups excluding carboxylic acids is 2. The third-order valence-electron chi connectivity index (χ3n) is 10.1. The molecule has 5 aliphatic carbocycles. The molecule has 1 aliphatic heterocycles. The van der Waals surface area contributed by atoms with Gasteiger partial charge in [-0.25, -0.2) is 4.79 Å². The van der Waals surface area contributed by atoms with E-state index < -0.39 is 11.0 Å². The smallest absolute Gasteiger partial charge is 0.332 e. The minimum Gasteiger partial charge on any atom is -0.465 e. The van der Waals surface area contributed by atoms with E-state index in [4.69, 9.17) is 23.7 Å². The molecule has 7 nitrogen and oxygen atoms in total. The fourth-order valence-electron chi connectivity index (χ4n) is 8.66. The van der Waals surface area contributed by atoms with Crippen molar-refractivity contribution in [1.29, 1.82) is 0 Å². The van der Waals surface area contributed by atoms with E-state index in [1.165, 1.54) is 0 Å². The first-order valence-electron chi connectivity index (χ1n) is 15.3. The van der Waals surface area contributed by atoms with Crippen LogP contribution in [0, 0.1) is 17.3 Å². The summed E-state index contributed by atoms with van der Waals surface area (Å²) >= 11 is 0.